The highest BCUT2D eigenvalue weighted by atomic mass is 19.1. The fraction of sp³-hybridized carbons (Fsp3) is 0.286. The predicted molar refractivity (Wildman–Crippen MR) is 100 cm³/mol. The molecule has 0 bridgehead atoms. The summed E-state index contributed by atoms with van der Waals surface area (Å²) in [6, 6.07) is 15.1. The Balaban J connectivity index is 1.48. The number of nitrogens with zero attached hydrogens (tertiary/aromatic N) is 1. The summed E-state index contributed by atoms with van der Waals surface area (Å²) in [5, 5.41) is 3.02. The summed E-state index contributed by atoms with van der Waals surface area (Å²) < 4.78 is 18.5. The normalized spacial score (nSPS) is 17.5. The number of nitrogens with one attached hydrogen (secondary N) is 1. The lowest BCUT2D eigenvalue weighted by Gasteiger charge is -2.16. The number of carbonyl (C=O) groups excluding carboxylic acids is 1. The van der Waals surface area contributed by atoms with Crippen LogP contribution in [0.4, 0.5) is 4.39 Å². The van der Waals surface area contributed by atoms with Gasteiger partial charge in [-0.3, -0.25) is 9.69 Å². The summed E-state index contributed by atoms with van der Waals surface area (Å²) in [6.45, 7) is 2.70. The van der Waals surface area contributed by atoms with Crippen LogP contribution in [0.3, 0.4) is 0 Å². The summed E-state index contributed by atoms with van der Waals surface area (Å²) in [6.07, 6.45) is 3.99. The standard InChI is InChI=1S/C21H23FN2O2/c1-26-20-9-7-16(13-19(20)22)8-10-21(25)23-18-11-12-24(15-18)14-17-5-3-2-4-6-17/h2-10,13,18H,11-12,14-15H2,1H3,(H,23,25). The number of halogens is 1. The number of likely N-dealkylation sites (tertiary alicyclic amines) is 1. The van der Waals surface area contributed by atoms with Crippen LogP contribution >= 0.6 is 0 Å². The zero-order chi connectivity index (χ0) is 18.4. The monoisotopic (exact) mass is 354 g/mol. The molecule has 1 N–H and O–H groups in total. The molecule has 1 amide bonds. The molecule has 1 fully saturated rings. The molecule has 5 heteroatoms. The maximum atomic E-state index is 13.7. The number of ether oxygens (including phenoxy) is 1. The molecule has 0 aliphatic carbocycles. The summed E-state index contributed by atoms with van der Waals surface area (Å²) >= 11 is 0. The minimum atomic E-state index is -0.442. The van der Waals surface area contributed by atoms with Gasteiger partial charge < -0.3 is 10.1 Å². The summed E-state index contributed by atoms with van der Waals surface area (Å²) in [5.41, 5.74) is 1.90. The fourth-order valence-electron chi connectivity index (χ4n) is 3.14. The van der Waals surface area contributed by atoms with Gasteiger partial charge in [0.25, 0.3) is 0 Å². The van der Waals surface area contributed by atoms with Crippen molar-refractivity contribution in [1.29, 1.82) is 0 Å². The molecule has 1 aliphatic heterocycles. The first-order valence-corrected chi connectivity index (χ1v) is 8.72. The Hall–Kier alpha value is -2.66. The molecule has 2 aromatic carbocycles. The average Bonchev–Trinajstić information content (AvgIpc) is 3.07. The van der Waals surface area contributed by atoms with Gasteiger partial charge in [0.2, 0.25) is 5.91 Å². The van der Waals surface area contributed by atoms with Crippen molar-refractivity contribution < 1.29 is 13.9 Å². The van der Waals surface area contributed by atoms with Crippen molar-refractivity contribution in [2.45, 2.75) is 19.0 Å². The van der Waals surface area contributed by atoms with Gasteiger partial charge in [0, 0.05) is 31.8 Å². The highest BCUT2D eigenvalue weighted by molar-refractivity contribution is 5.91. The molecule has 26 heavy (non-hydrogen) atoms. The maximum Gasteiger partial charge on any atom is 0.244 e. The number of hydrogen-bond donors (Lipinski definition) is 1. The van der Waals surface area contributed by atoms with E-state index in [1.54, 1.807) is 18.2 Å². The van der Waals surface area contributed by atoms with Crippen molar-refractivity contribution in [3.63, 3.8) is 0 Å². The molecule has 1 saturated heterocycles. The zero-order valence-electron chi connectivity index (χ0n) is 14.8. The van der Waals surface area contributed by atoms with E-state index in [1.807, 2.05) is 18.2 Å². The zero-order valence-corrected chi connectivity index (χ0v) is 14.8. The van der Waals surface area contributed by atoms with Crippen LogP contribution in [0, 0.1) is 5.82 Å². The average molecular weight is 354 g/mol. The van der Waals surface area contributed by atoms with E-state index in [2.05, 4.69) is 22.3 Å². The van der Waals surface area contributed by atoms with E-state index in [9.17, 15) is 9.18 Å². The Kier molecular flexibility index (Phi) is 6.02. The van der Waals surface area contributed by atoms with Crippen LogP contribution in [-0.4, -0.2) is 37.0 Å². The Bertz CT molecular complexity index is 777. The number of carbonyl (C=O) groups is 1. The second-order valence-electron chi connectivity index (χ2n) is 6.44. The second kappa shape index (κ2) is 8.63. The summed E-state index contributed by atoms with van der Waals surface area (Å²) in [5.74, 6) is -0.411. The highest BCUT2D eigenvalue weighted by Gasteiger charge is 2.23. The molecular weight excluding hydrogens is 331 g/mol. The van der Waals surface area contributed by atoms with Crippen LogP contribution in [0.25, 0.3) is 6.08 Å². The van der Waals surface area contributed by atoms with Gasteiger partial charge in [-0.2, -0.15) is 0 Å². The fourth-order valence-corrected chi connectivity index (χ4v) is 3.14. The van der Waals surface area contributed by atoms with Gasteiger partial charge in [-0.1, -0.05) is 36.4 Å². The maximum absolute atomic E-state index is 13.7. The molecule has 0 saturated carbocycles. The van der Waals surface area contributed by atoms with Gasteiger partial charge in [0.1, 0.15) is 0 Å². The molecule has 0 spiro atoms. The molecule has 0 radical (unpaired) electrons. The minimum Gasteiger partial charge on any atom is -0.494 e. The van der Waals surface area contributed by atoms with Crippen LogP contribution in [0.2, 0.25) is 0 Å². The van der Waals surface area contributed by atoms with E-state index in [0.29, 0.717) is 5.56 Å². The Morgan fingerprint density at radius 2 is 2.12 bits per heavy atom. The van der Waals surface area contributed by atoms with Gasteiger partial charge >= 0.3 is 0 Å². The highest BCUT2D eigenvalue weighted by Crippen LogP contribution is 2.18. The molecule has 1 heterocycles. The van der Waals surface area contributed by atoms with E-state index >= 15 is 0 Å². The Morgan fingerprint density at radius 1 is 1.31 bits per heavy atom. The third-order valence-electron chi connectivity index (χ3n) is 4.47. The van der Waals surface area contributed by atoms with Gasteiger partial charge in [-0.25, -0.2) is 4.39 Å². The molecular formula is C21H23FN2O2. The van der Waals surface area contributed by atoms with E-state index in [4.69, 9.17) is 4.74 Å². The SMILES string of the molecule is COc1ccc(C=CC(=O)NC2CCN(Cc3ccccc3)C2)cc1F. The largest absolute Gasteiger partial charge is 0.494 e. The lowest BCUT2D eigenvalue weighted by molar-refractivity contribution is -0.117. The number of rotatable bonds is 6. The Labute approximate surface area is 153 Å². The van der Waals surface area contributed by atoms with E-state index in [-0.39, 0.29) is 17.7 Å². The van der Waals surface area contributed by atoms with Crippen molar-refractivity contribution in [2.24, 2.45) is 0 Å². The number of methoxy groups -OCH3 is 1. The van der Waals surface area contributed by atoms with Gasteiger partial charge in [-0.15, -0.1) is 0 Å². The Morgan fingerprint density at radius 3 is 2.85 bits per heavy atom. The first-order valence-electron chi connectivity index (χ1n) is 8.72. The van der Waals surface area contributed by atoms with Crippen molar-refractivity contribution in [1.82, 2.24) is 10.2 Å². The first kappa shape index (κ1) is 18.1. The lowest BCUT2D eigenvalue weighted by Crippen LogP contribution is -2.35. The molecule has 3 rings (SSSR count). The van der Waals surface area contributed by atoms with Crippen molar-refractivity contribution in [2.75, 3.05) is 20.2 Å². The van der Waals surface area contributed by atoms with Gasteiger partial charge in [0.15, 0.2) is 11.6 Å². The lowest BCUT2D eigenvalue weighted by atomic mass is 10.2. The van der Waals surface area contributed by atoms with Crippen LogP contribution in [-0.2, 0) is 11.3 Å². The summed E-state index contributed by atoms with van der Waals surface area (Å²) in [4.78, 5) is 14.4. The molecule has 1 unspecified atom stereocenters. The topological polar surface area (TPSA) is 41.6 Å². The quantitative estimate of drug-likeness (QED) is 0.810. The van der Waals surface area contributed by atoms with Crippen LogP contribution in [0.1, 0.15) is 17.5 Å². The number of benzene rings is 2. The molecule has 136 valence electrons. The van der Waals surface area contributed by atoms with E-state index < -0.39 is 5.82 Å². The van der Waals surface area contributed by atoms with E-state index in [0.717, 1.165) is 26.1 Å². The molecule has 0 aromatic heterocycles. The van der Waals surface area contributed by atoms with Gasteiger partial charge in [-0.05, 0) is 35.8 Å². The first-order chi connectivity index (χ1) is 12.6. The smallest absolute Gasteiger partial charge is 0.244 e. The number of amides is 1. The number of hydrogen-bond acceptors (Lipinski definition) is 3. The summed E-state index contributed by atoms with van der Waals surface area (Å²) in [7, 11) is 1.42. The predicted octanol–water partition coefficient (Wildman–Crippen LogP) is 3.24. The second-order valence-corrected chi connectivity index (χ2v) is 6.44. The van der Waals surface area contributed by atoms with Crippen molar-refractivity contribution in [3.8, 4) is 5.75 Å². The molecule has 4 nitrogen and oxygen atoms in total. The van der Waals surface area contributed by atoms with Crippen LogP contribution < -0.4 is 10.1 Å². The van der Waals surface area contributed by atoms with Crippen LogP contribution in [0.5, 0.6) is 5.75 Å². The molecule has 2 aromatic rings. The third kappa shape index (κ3) is 4.92. The van der Waals surface area contributed by atoms with Crippen molar-refractivity contribution in [3.05, 3.63) is 71.6 Å². The minimum absolute atomic E-state index is 0.142. The van der Waals surface area contributed by atoms with Gasteiger partial charge in [0.05, 0.1) is 7.11 Å². The molecule has 1 aliphatic rings. The third-order valence-corrected chi connectivity index (χ3v) is 4.47. The van der Waals surface area contributed by atoms with Crippen molar-refractivity contribution >= 4 is 12.0 Å². The van der Waals surface area contributed by atoms with Crippen LogP contribution in [0.15, 0.2) is 54.6 Å². The van der Waals surface area contributed by atoms with E-state index in [1.165, 1.54) is 24.8 Å². The molecule has 1 atom stereocenters.